The van der Waals surface area contributed by atoms with Crippen LogP contribution < -0.4 is 5.73 Å². The summed E-state index contributed by atoms with van der Waals surface area (Å²) >= 11 is 1.72. The van der Waals surface area contributed by atoms with E-state index in [1.54, 1.807) is 11.8 Å². The van der Waals surface area contributed by atoms with E-state index in [1.165, 1.54) is 0 Å². The molecule has 0 aliphatic carbocycles. The summed E-state index contributed by atoms with van der Waals surface area (Å²) in [5, 5.41) is 0. The fourth-order valence-corrected chi connectivity index (χ4v) is 2.50. The smallest absolute Gasteiger partial charge is 0.239 e. The summed E-state index contributed by atoms with van der Waals surface area (Å²) in [6, 6.07) is -0.358. The third-order valence-electron chi connectivity index (χ3n) is 3.09. The van der Waals surface area contributed by atoms with Crippen LogP contribution in [-0.4, -0.2) is 54.7 Å². The molecule has 0 bridgehead atoms. The molecule has 17 heavy (non-hydrogen) atoms. The van der Waals surface area contributed by atoms with Crippen LogP contribution in [0.15, 0.2) is 0 Å². The first kappa shape index (κ1) is 14.8. The van der Waals surface area contributed by atoms with Crippen LogP contribution in [0.5, 0.6) is 0 Å². The lowest BCUT2D eigenvalue weighted by Gasteiger charge is -2.26. The van der Waals surface area contributed by atoms with Crippen LogP contribution in [0, 0.1) is 0 Å². The highest BCUT2D eigenvalue weighted by atomic mass is 32.2. The summed E-state index contributed by atoms with van der Waals surface area (Å²) < 4.78 is 5.56. The van der Waals surface area contributed by atoms with Gasteiger partial charge in [-0.3, -0.25) is 4.79 Å². The molecule has 1 fully saturated rings. The van der Waals surface area contributed by atoms with E-state index >= 15 is 0 Å². The number of amides is 1. The summed E-state index contributed by atoms with van der Waals surface area (Å²) in [5.41, 5.74) is 5.91. The average Bonchev–Trinajstić information content (AvgIpc) is 2.84. The topological polar surface area (TPSA) is 55.6 Å². The van der Waals surface area contributed by atoms with Crippen LogP contribution in [0.25, 0.3) is 0 Å². The Morgan fingerprint density at radius 3 is 2.94 bits per heavy atom. The van der Waals surface area contributed by atoms with Gasteiger partial charge in [-0.25, -0.2) is 0 Å². The fraction of sp³-hybridized carbons (Fsp3) is 0.917. The number of likely N-dealkylation sites (N-methyl/N-ethyl adjacent to an activating group) is 1. The predicted octanol–water partition coefficient (Wildman–Crippen LogP) is 1.09. The number of hydrogen-bond acceptors (Lipinski definition) is 4. The number of nitrogens with two attached hydrogens (primary N) is 1. The van der Waals surface area contributed by atoms with E-state index in [-0.39, 0.29) is 18.1 Å². The van der Waals surface area contributed by atoms with Crippen molar-refractivity contribution >= 4 is 17.7 Å². The zero-order chi connectivity index (χ0) is 12.7. The Morgan fingerprint density at radius 2 is 2.41 bits per heavy atom. The third-order valence-corrected chi connectivity index (χ3v) is 3.74. The van der Waals surface area contributed by atoms with Gasteiger partial charge in [0.25, 0.3) is 0 Å². The van der Waals surface area contributed by atoms with Crippen molar-refractivity contribution in [3.05, 3.63) is 0 Å². The number of nitrogens with zero attached hydrogens (tertiary/aromatic N) is 1. The molecule has 1 heterocycles. The van der Waals surface area contributed by atoms with Crippen molar-refractivity contribution in [2.45, 2.75) is 38.3 Å². The lowest BCUT2D eigenvalue weighted by molar-refractivity contribution is -0.134. The molecule has 4 nitrogen and oxygen atoms in total. The van der Waals surface area contributed by atoms with Crippen molar-refractivity contribution < 1.29 is 9.53 Å². The minimum atomic E-state index is -0.358. The molecule has 0 radical (unpaired) electrons. The highest BCUT2D eigenvalue weighted by Crippen LogP contribution is 2.14. The normalized spacial score (nSPS) is 21.5. The molecule has 2 N–H and O–H groups in total. The Hall–Kier alpha value is -0.260. The molecule has 1 saturated heterocycles. The van der Waals surface area contributed by atoms with Crippen molar-refractivity contribution in [2.24, 2.45) is 5.73 Å². The second-order valence-corrected chi connectivity index (χ2v) is 5.39. The molecular weight excluding hydrogens is 236 g/mol. The first-order valence-corrected chi connectivity index (χ1v) is 7.73. The summed E-state index contributed by atoms with van der Waals surface area (Å²) in [6.45, 7) is 4.23. The van der Waals surface area contributed by atoms with Gasteiger partial charge >= 0.3 is 0 Å². The number of hydrogen-bond donors (Lipinski definition) is 1. The van der Waals surface area contributed by atoms with Crippen LogP contribution >= 0.6 is 11.8 Å². The third kappa shape index (κ3) is 4.85. The zero-order valence-electron chi connectivity index (χ0n) is 10.9. The molecule has 0 saturated carbocycles. The highest BCUT2D eigenvalue weighted by molar-refractivity contribution is 7.98. The Kier molecular flexibility index (Phi) is 6.92. The van der Waals surface area contributed by atoms with Gasteiger partial charge in [0.1, 0.15) is 0 Å². The number of rotatable bonds is 7. The van der Waals surface area contributed by atoms with E-state index in [0.29, 0.717) is 13.1 Å². The van der Waals surface area contributed by atoms with Gasteiger partial charge in [0.15, 0.2) is 0 Å². The van der Waals surface area contributed by atoms with Gasteiger partial charge in [0, 0.05) is 19.7 Å². The van der Waals surface area contributed by atoms with Gasteiger partial charge in [-0.1, -0.05) is 0 Å². The molecule has 1 rings (SSSR count). The van der Waals surface area contributed by atoms with Crippen molar-refractivity contribution in [3.8, 4) is 0 Å². The molecular formula is C12H24N2O2S. The van der Waals surface area contributed by atoms with Crippen molar-refractivity contribution in [1.29, 1.82) is 0 Å². The molecule has 0 spiro atoms. The van der Waals surface area contributed by atoms with Gasteiger partial charge in [0.05, 0.1) is 12.1 Å². The second kappa shape index (κ2) is 7.95. The van der Waals surface area contributed by atoms with Crippen LogP contribution in [0.2, 0.25) is 0 Å². The SMILES string of the molecule is CCN(CC1CCCO1)C(=O)[C@@H](N)CCSC. The molecule has 0 aromatic carbocycles. The van der Waals surface area contributed by atoms with Crippen LogP contribution in [0.4, 0.5) is 0 Å². The zero-order valence-corrected chi connectivity index (χ0v) is 11.7. The molecule has 0 aromatic rings. The lowest BCUT2D eigenvalue weighted by Crippen LogP contribution is -2.46. The van der Waals surface area contributed by atoms with Gasteiger partial charge in [0.2, 0.25) is 5.91 Å². The van der Waals surface area contributed by atoms with E-state index in [9.17, 15) is 4.79 Å². The minimum absolute atomic E-state index is 0.0667. The molecule has 0 aromatic heterocycles. The summed E-state index contributed by atoms with van der Waals surface area (Å²) in [5.74, 6) is 1.00. The van der Waals surface area contributed by atoms with E-state index in [1.807, 2.05) is 18.1 Å². The second-order valence-electron chi connectivity index (χ2n) is 4.40. The minimum Gasteiger partial charge on any atom is -0.376 e. The maximum Gasteiger partial charge on any atom is 0.239 e. The molecule has 1 aliphatic rings. The molecule has 100 valence electrons. The van der Waals surface area contributed by atoms with E-state index < -0.39 is 0 Å². The Labute approximate surface area is 108 Å². The number of carbonyl (C=O) groups excluding carboxylic acids is 1. The number of thioether (sulfide) groups is 1. The van der Waals surface area contributed by atoms with Gasteiger partial charge in [-0.05, 0) is 38.2 Å². The molecule has 5 heteroatoms. The van der Waals surface area contributed by atoms with Gasteiger partial charge < -0.3 is 15.4 Å². The van der Waals surface area contributed by atoms with E-state index in [2.05, 4.69) is 0 Å². The fourth-order valence-electron chi connectivity index (χ4n) is 2.01. The Balaban J connectivity index is 2.39. The van der Waals surface area contributed by atoms with Crippen molar-refractivity contribution in [1.82, 2.24) is 4.90 Å². The van der Waals surface area contributed by atoms with E-state index in [0.717, 1.165) is 31.6 Å². The predicted molar refractivity (Wildman–Crippen MR) is 72.2 cm³/mol. The van der Waals surface area contributed by atoms with Crippen LogP contribution in [0.3, 0.4) is 0 Å². The van der Waals surface area contributed by atoms with Gasteiger partial charge in [-0.15, -0.1) is 0 Å². The first-order valence-electron chi connectivity index (χ1n) is 6.34. The van der Waals surface area contributed by atoms with Crippen molar-refractivity contribution in [2.75, 3.05) is 31.7 Å². The molecule has 1 amide bonds. The maximum absolute atomic E-state index is 12.1. The lowest BCUT2D eigenvalue weighted by atomic mass is 10.2. The number of ether oxygens (including phenoxy) is 1. The first-order chi connectivity index (χ1) is 8.19. The Bertz CT molecular complexity index is 233. The van der Waals surface area contributed by atoms with E-state index in [4.69, 9.17) is 10.5 Å². The average molecular weight is 260 g/mol. The highest BCUT2D eigenvalue weighted by Gasteiger charge is 2.24. The maximum atomic E-state index is 12.1. The van der Waals surface area contributed by atoms with Crippen LogP contribution in [0.1, 0.15) is 26.2 Å². The quantitative estimate of drug-likeness (QED) is 0.744. The standard InChI is InChI=1S/C12H24N2O2S/c1-3-14(9-10-5-4-7-16-10)12(15)11(13)6-8-17-2/h10-11H,3-9,13H2,1-2H3/t10?,11-/m0/s1. The summed E-state index contributed by atoms with van der Waals surface area (Å²) in [4.78, 5) is 13.9. The molecule has 2 atom stereocenters. The Morgan fingerprint density at radius 1 is 1.65 bits per heavy atom. The molecule has 1 unspecified atom stereocenters. The van der Waals surface area contributed by atoms with Crippen molar-refractivity contribution in [3.63, 3.8) is 0 Å². The largest absolute Gasteiger partial charge is 0.376 e. The summed E-state index contributed by atoms with van der Waals surface area (Å²) in [7, 11) is 0. The van der Waals surface area contributed by atoms with Crippen LogP contribution in [-0.2, 0) is 9.53 Å². The monoisotopic (exact) mass is 260 g/mol. The summed E-state index contributed by atoms with van der Waals surface area (Å²) in [6.07, 6.45) is 5.16. The number of carbonyl (C=O) groups is 1. The van der Waals surface area contributed by atoms with Gasteiger partial charge in [-0.2, -0.15) is 11.8 Å². The molecule has 1 aliphatic heterocycles.